The van der Waals surface area contributed by atoms with Crippen LogP contribution < -0.4 is 19.5 Å². The first kappa shape index (κ1) is 17.1. The lowest BCUT2D eigenvalue weighted by atomic mass is 9.97. The first-order valence-electron chi connectivity index (χ1n) is 8.24. The maximum Gasteiger partial charge on any atom is 0.255 e. The highest BCUT2D eigenvalue weighted by atomic mass is 16.5. The van der Waals surface area contributed by atoms with E-state index < -0.39 is 0 Å². The quantitative estimate of drug-likeness (QED) is 0.915. The fourth-order valence-corrected chi connectivity index (χ4v) is 2.58. The number of methoxy groups -OCH3 is 1. The van der Waals surface area contributed by atoms with Gasteiger partial charge < -0.3 is 19.5 Å². The van der Waals surface area contributed by atoms with Gasteiger partial charge in [0.25, 0.3) is 5.91 Å². The van der Waals surface area contributed by atoms with Crippen LogP contribution in [0.2, 0.25) is 0 Å². The number of nitrogens with one attached hydrogen (secondary N) is 1. The maximum atomic E-state index is 12.6. The zero-order valence-corrected chi connectivity index (χ0v) is 15.0. The molecule has 1 amide bonds. The Morgan fingerprint density at radius 2 is 1.80 bits per heavy atom. The van der Waals surface area contributed by atoms with Crippen LogP contribution in [-0.4, -0.2) is 26.2 Å². The van der Waals surface area contributed by atoms with E-state index in [0.29, 0.717) is 41.7 Å². The Kier molecular flexibility index (Phi) is 4.57. The van der Waals surface area contributed by atoms with Crippen molar-refractivity contribution in [1.82, 2.24) is 0 Å². The van der Waals surface area contributed by atoms with Gasteiger partial charge in [0.2, 0.25) is 0 Å². The second kappa shape index (κ2) is 6.67. The van der Waals surface area contributed by atoms with E-state index in [4.69, 9.17) is 14.2 Å². The van der Waals surface area contributed by atoms with Crippen LogP contribution >= 0.6 is 0 Å². The first-order valence-corrected chi connectivity index (χ1v) is 8.24. The molecule has 3 rings (SSSR count). The molecule has 0 bridgehead atoms. The number of carbonyl (C=O) groups is 1. The zero-order chi connectivity index (χ0) is 18.0. The second-order valence-electron chi connectivity index (χ2n) is 7.06. The van der Waals surface area contributed by atoms with E-state index >= 15 is 0 Å². The van der Waals surface area contributed by atoms with Crippen LogP contribution in [0.15, 0.2) is 36.4 Å². The van der Waals surface area contributed by atoms with Gasteiger partial charge in [-0.2, -0.15) is 0 Å². The molecule has 1 aliphatic heterocycles. The summed E-state index contributed by atoms with van der Waals surface area (Å²) < 4.78 is 16.9. The van der Waals surface area contributed by atoms with Crippen molar-refractivity contribution in [3.63, 3.8) is 0 Å². The highest BCUT2D eigenvalue weighted by Gasteiger charge is 2.25. The van der Waals surface area contributed by atoms with Crippen LogP contribution in [0.3, 0.4) is 0 Å². The molecule has 0 spiro atoms. The molecule has 0 aromatic heterocycles. The normalized spacial score (nSPS) is 15.2. The van der Waals surface area contributed by atoms with E-state index in [2.05, 4.69) is 19.2 Å². The summed E-state index contributed by atoms with van der Waals surface area (Å²) in [6.45, 7) is 7.24. The van der Waals surface area contributed by atoms with Gasteiger partial charge in [0.05, 0.1) is 26.0 Å². The molecule has 2 aromatic rings. The van der Waals surface area contributed by atoms with E-state index in [1.165, 1.54) is 0 Å². The molecule has 0 aliphatic carbocycles. The molecule has 1 heterocycles. The molecule has 0 saturated carbocycles. The molecule has 0 atom stereocenters. The zero-order valence-electron chi connectivity index (χ0n) is 15.0. The molecular formula is C20H23NO4. The van der Waals surface area contributed by atoms with Crippen molar-refractivity contribution in [2.24, 2.45) is 5.41 Å². The van der Waals surface area contributed by atoms with Gasteiger partial charge >= 0.3 is 0 Å². The van der Waals surface area contributed by atoms with E-state index in [1.807, 2.05) is 25.1 Å². The van der Waals surface area contributed by atoms with E-state index in [0.717, 1.165) is 5.56 Å². The topological polar surface area (TPSA) is 56.8 Å². The molecule has 132 valence electrons. The third-order valence-corrected chi connectivity index (χ3v) is 4.05. The number of anilines is 1. The molecular weight excluding hydrogens is 318 g/mol. The minimum atomic E-state index is -0.223. The lowest BCUT2D eigenvalue weighted by Crippen LogP contribution is -2.26. The molecule has 1 aliphatic rings. The molecule has 25 heavy (non-hydrogen) atoms. The van der Waals surface area contributed by atoms with Crippen molar-refractivity contribution in [3.05, 3.63) is 47.5 Å². The summed E-state index contributed by atoms with van der Waals surface area (Å²) >= 11 is 0. The SMILES string of the molecule is COc1ccc(C)cc1NC(=O)c1ccc2c(c1)OCC(C)(C)CO2. The van der Waals surface area contributed by atoms with E-state index in [-0.39, 0.29) is 11.3 Å². The Bertz CT molecular complexity index is 798. The predicted molar refractivity (Wildman–Crippen MR) is 96.9 cm³/mol. The van der Waals surface area contributed by atoms with Crippen molar-refractivity contribution in [3.8, 4) is 17.2 Å². The fraction of sp³-hybridized carbons (Fsp3) is 0.350. The predicted octanol–water partition coefficient (Wildman–Crippen LogP) is 4.05. The standard InChI is InChI=1S/C20H23NO4/c1-13-5-7-16(23-4)15(9-13)21-19(22)14-6-8-17-18(10-14)25-12-20(2,3)11-24-17/h5-10H,11-12H2,1-4H3,(H,21,22). The summed E-state index contributed by atoms with van der Waals surface area (Å²) in [6.07, 6.45) is 0. The van der Waals surface area contributed by atoms with Crippen molar-refractivity contribution < 1.29 is 19.0 Å². The smallest absolute Gasteiger partial charge is 0.255 e. The van der Waals surface area contributed by atoms with Gasteiger partial charge in [0.15, 0.2) is 11.5 Å². The van der Waals surface area contributed by atoms with Gasteiger partial charge in [-0.15, -0.1) is 0 Å². The minimum absolute atomic E-state index is 0.0730. The summed E-state index contributed by atoms with van der Waals surface area (Å²) in [5, 5.41) is 2.90. The van der Waals surface area contributed by atoms with Crippen molar-refractivity contribution in [2.75, 3.05) is 25.6 Å². The van der Waals surface area contributed by atoms with E-state index in [1.54, 1.807) is 25.3 Å². The largest absolute Gasteiger partial charge is 0.495 e. The van der Waals surface area contributed by atoms with Gasteiger partial charge in [0.1, 0.15) is 5.75 Å². The van der Waals surface area contributed by atoms with Gasteiger partial charge in [0, 0.05) is 11.0 Å². The summed E-state index contributed by atoms with van der Waals surface area (Å²) in [7, 11) is 1.58. The third kappa shape index (κ3) is 3.87. The molecule has 0 saturated heterocycles. The number of amides is 1. The lowest BCUT2D eigenvalue weighted by molar-refractivity contribution is 0.102. The number of ether oxygens (including phenoxy) is 3. The highest BCUT2D eigenvalue weighted by Crippen LogP contribution is 2.34. The van der Waals surface area contributed by atoms with Crippen LogP contribution in [0.4, 0.5) is 5.69 Å². The average Bonchev–Trinajstić information content (AvgIpc) is 2.73. The number of rotatable bonds is 3. The third-order valence-electron chi connectivity index (χ3n) is 4.05. The maximum absolute atomic E-state index is 12.6. The number of benzene rings is 2. The summed E-state index contributed by atoms with van der Waals surface area (Å²) in [5.41, 5.74) is 2.11. The number of hydrogen-bond acceptors (Lipinski definition) is 4. The van der Waals surface area contributed by atoms with E-state index in [9.17, 15) is 4.79 Å². The second-order valence-corrected chi connectivity index (χ2v) is 7.06. The van der Waals surface area contributed by atoms with Gasteiger partial charge in [-0.25, -0.2) is 0 Å². The van der Waals surface area contributed by atoms with Crippen molar-refractivity contribution >= 4 is 11.6 Å². The summed E-state index contributed by atoms with van der Waals surface area (Å²) in [6, 6.07) is 10.9. The van der Waals surface area contributed by atoms with Crippen molar-refractivity contribution in [2.45, 2.75) is 20.8 Å². The average molecular weight is 341 g/mol. The molecule has 5 heteroatoms. The fourth-order valence-electron chi connectivity index (χ4n) is 2.58. The number of fused-ring (bicyclic) bond motifs is 1. The number of aryl methyl sites for hydroxylation is 1. The Balaban J connectivity index is 1.82. The number of carbonyl (C=O) groups excluding carboxylic acids is 1. The molecule has 0 unspecified atom stereocenters. The molecule has 5 nitrogen and oxygen atoms in total. The Morgan fingerprint density at radius 1 is 1.08 bits per heavy atom. The molecule has 1 N–H and O–H groups in total. The van der Waals surface area contributed by atoms with Crippen molar-refractivity contribution in [1.29, 1.82) is 0 Å². The van der Waals surface area contributed by atoms with Gasteiger partial charge in [-0.1, -0.05) is 19.9 Å². The Hall–Kier alpha value is -2.69. The van der Waals surface area contributed by atoms with Gasteiger partial charge in [-0.3, -0.25) is 4.79 Å². The molecule has 2 aromatic carbocycles. The number of hydrogen-bond donors (Lipinski definition) is 1. The first-order chi connectivity index (χ1) is 11.9. The minimum Gasteiger partial charge on any atom is -0.495 e. The molecule has 0 radical (unpaired) electrons. The van der Waals surface area contributed by atoms with Crippen LogP contribution in [0.1, 0.15) is 29.8 Å². The lowest BCUT2D eigenvalue weighted by Gasteiger charge is -2.19. The monoisotopic (exact) mass is 341 g/mol. The van der Waals surface area contributed by atoms with Crippen LogP contribution in [0.25, 0.3) is 0 Å². The van der Waals surface area contributed by atoms with Crippen LogP contribution in [0.5, 0.6) is 17.2 Å². The summed E-state index contributed by atoms with van der Waals surface area (Å²) in [4.78, 5) is 12.6. The summed E-state index contributed by atoms with van der Waals surface area (Å²) in [5.74, 6) is 1.65. The van der Waals surface area contributed by atoms with Crippen LogP contribution in [-0.2, 0) is 0 Å². The highest BCUT2D eigenvalue weighted by molar-refractivity contribution is 6.05. The van der Waals surface area contributed by atoms with Crippen LogP contribution in [0, 0.1) is 12.3 Å². The Labute approximate surface area is 147 Å². The molecule has 0 fully saturated rings. The van der Waals surface area contributed by atoms with Gasteiger partial charge in [-0.05, 0) is 42.8 Å². The Morgan fingerprint density at radius 3 is 2.52 bits per heavy atom.